The molecule has 4 nitrogen and oxygen atoms in total. The molecule has 1 aromatic rings. The monoisotopic (exact) mass is 296 g/mol. The lowest BCUT2D eigenvalue weighted by Crippen LogP contribution is -2.32. The maximum atomic E-state index is 12.0. The van der Waals surface area contributed by atoms with Gasteiger partial charge in [0.25, 0.3) is 0 Å². The molecule has 0 saturated carbocycles. The zero-order valence-corrected chi connectivity index (χ0v) is 11.3. The molecule has 1 aromatic heterocycles. The lowest BCUT2D eigenvalue weighted by molar-refractivity contribution is -0.141. The van der Waals surface area contributed by atoms with Gasteiger partial charge in [0.05, 0.1) is 12.0 Å². The summed E-state index contributed by atoms with van der Waals surface area (Å²) in [5.74, 6) is -0.220. The highest BCUT2D eigenvalue weighted by Crippen LogP contribution is 2.32. The van der Waals surface area contributed by atoms with Crippen LogP contribution in [0.4, 0.5) is 0 Å². The normalized spacial score (nSPS) is 18.9. The van der Waals surface area contributed by atoms with E-state index < -0.39 is 5.41 Å². The van der Waals surface area contributed by atoms with Crippen molar-refractivity contribution in [2.45, 2.75) is 26.8 Å². The van der Waals surface area contributed by atoms with Crippen LogP contribution in [-0.4, -0.2) is 21.7 Å². The molecule has 1 aliphatic rings. The molecular weight excluding hydrogens is 284 g/mol. The van der Waals surface area contributed by atoms with Crippen LogP contribution in [0.25, 0.3) is 0 Å². The Kier molecular flexibility index (Phi) is 3.03. The molecule has 0 unspecified atom stereocenters. The topological polar surface area (TPSA) is 50.3 Å². The molecule has 2 amide bonds. The van der Waals surface area contributed by atoms with Crippen LogP contribution in [0.15, 0.2) is 22.9 Å². The minimum atomic E-state index is -0.573. The van der Waals surface area contributed by atoms with Crippen molar-refractivity contribution in [2.24, 2.45) is 5.41 Å². The van der Waals surface area contributed by atoms with E-state index in [-0.39, 0.29) is 18.2 Å². The van der Waals surface area contributed by atoms with Gasteiger partial charge in [-0.15, -0.1) is 0 Å². The molecule has 2 rings (SSSR count). The van der Waals surface area contributed by atoms with Gasteiger partial charge in [-0.25, -0.2) is 0 Å². The van der Waals surface area contributed by atoms with E-state index in [9.17, 15) is 9.59 Å². The van der Waals surface area contributed by atoms with Gasteiger partial charge in [-0.05, 0) is 27.6 Å². The third kappa shape index (κ3) is 2.39. The summed E-state index contributed by atoms with van der Waals surface area (Å²) in [7, 11) is 0. The fourth-order valence-corrected chi connectivity index (χ4v) is 2.32. The van der Waals surface area contributed by atoms with E-state index in [1.54, 1.807) is 26.2 Å². The predicted molar refractivity (Wildman–Crippen MR) is 65.9 cm³/mol. The number of nitrogens with zero attached hydrogens (tertiary/aromatic N) is 2. The number of rotatable bonds is 2. The van der Waals surface area contributed by atoms with E-state index in [1.807, 2.05) is 6.07 Å². The zero-order chi connectivity index (χ0) is 12.6. The summed E-state index contributed by atoms with van der Waals surface area (Å²) in [6.07, 6.45) is 3.62. The average Bonchev–Trinajstić information content (AvgIpc) is 2.41. The molecule has 2 heterocycles. The van der Waals surface area contributed by atoms with Crippen molar-refractivity contribution >= 4 is 27.7 Å². The Morgan fingerprint density at radius 2 is 2.12 bits per heavy atom. The van der Waals surface area contributed by atoms with Crippen LogP contribution in [0, 0.1) is 5.41 Å². The Morgan fingerprint density at radius 1 is 1.41 bits per heavy atom. The van der Waals surface area contributed by atoms with Crippen LogP contribution in [0.3, 0.4) is 0 Å². The maximum Gasteiger partial charge on any atom is 0.235 e. The summed E-state index contributed by atoms with van der Waals surface area (Å²) in [5.41, 5.74) is 0.273. The third-order valence-electron chi connectivity index (χ3n) is 2.82. The molecule has 0 aliphatic carbocycles. The molecule has 1 saturated heterocycles. The van der Waals surface area contributed by atoms with Gasteiger partial charge in [-0.2, -0.15) is 0 Å². The van der Waals surface area contributed by atoms with Crippen LogP contribution in [0.2, 0.25) is 0 Å². The fraction of sp³-hybridized carbons (Fsp3) is 0.417. The van der Waals surface area contributed by atoms with Crippen LogP contribution in [-0.2, 0) is 16.1 Å². The number of imide groups is 1. The van der Waals surface area contributed by atoms with Crippen molar-refractivity contribution in [1.29, 1.82) is 0 Å². The first-order chi connectivity index (χ1) is 7.90. The molecule has 90 valence electrons. The van der Waals surface area contributed by atoms with E-state index in [0.717, 1.165) is 10.0 Å². The van der Waals surface area contributed by atoms with E-state index in [1.165, 1.54) is 4.90 Å². The lowest BCUT2D eigenvalue weighted by atomic mass is 9.92. The summed E-state index contributed by atoms with van der Waals surface area (Å²) in [6, 6.07) is 1.86. The van der Waals surface area contributed by atoms with Crippen molar-refractivity contribution in [3.8, 4) is 0 Å². The molecule has 0 atom stereocenters. The summed E-state index contributed by atoms with van der Waals surface area (Å²) in [4.78, 5) is 29.1. The van der Waals surface area contributed by atoms with Gasteiger partial charge >= 0.3 is 0 Å². The number of aromatic nitrogens is 1. The van der Waals surface area contributed by atoms with Gasteiger partial charge < -0.3 is 0 Å². The number of hydrogen-bond acceptors (Lipinski definition) is 3. The second kappa shape index (κ2) is 4.22. The van der Waals surface area contributed by atoms with Crippen LogP contribution >= 0.6 is 15.9 Å². The Bertz CT molecular complexity index is 485. The maximum absolute atomic E-state index is 12.0. The van der Waals surface area contributed by atoms with Crippen molar-refractivity contribution < 1.29 is 9.59 Å². The second-order valence-corrected chi connectivity index (χ2v) is 5.77. The number of pyridine rings is 1. The molecule has 17 heavy (non-hydrogen) atoms. The zero-order valence-electron chi connectivity index (χ0n) is 9.74. The van der Waals surface area contributed by atoms with Gasteiger partial charge in [0, 0.05) is 23.3 Å². The number of amides is 2. The van der Waals surface area contributed by atoms with Crippen molar-refractivity contribution in [2.75, 3.05) is 0 Å². The SMILES string of the molecule is CC1(C)CC(=O)N(Cc2cncc(Br)c2)C1=O. The summed E-state index contributed by atoms with van der Waals surface area (Å²) < 4.78 is 0.841. The molecule has 0 aromatic carbocycles. The van der Waals surface area contributed by atoms with Gasteiger partial charge in [-0.3, -0.25) is 19.5 Å². The Morgan fingerprint density at radius 3 is 2.65 bits per heavy atom. The fourth-order valence-electron chi connectivity index (χ4n) is 1.91. The molecule has 0 N–H and O–H groups in total. The number of carbonyl (C=O) groups is 2. The van der Waals surface area contributed by atoms with Gasteiger partial charge in [-0.1, -0.05) is 13.8 Å². The number of hydrogen-bond donors (Lipinski definition) is 0. The molecule has 0 spiro atoms. The van der Waals surface area contributed by atoms with Crippen molar-refractivity contribution in [1.82, 2.24) is 9.88 Å². The van der Waals surface area contributed by atoms with E-state index in [0.29, 0.717) is 6.54 Å². The standard InChI is InChI=1S/C12H13BrN2O2/c1-12(2)4-10(16)15(11(12)17)7-8-3-9(13)6-14-5-8/h3,5-6H,4,7H2,1-2H3. The van der Waals surface area contributed by atoms with Crippen molar-refractivity contribution in [3.63, 3.8) is 0 Å². The Balaban J connectivity index is 2.20. The highest BCUT2D eigenvalue weighted by atomic mass is 79.9. The Labute approximate surface area is 108 Å². The van der Waals surface area contributed by atoms with Crippen LogP contribution in [0.5, 0.6) is 0 Å². The Hall–Kier alpha value is -1.23. The van der Waals surface area contributed by atoms with Gasteiger partial charge in [0.15, 0.2) is 0 Å². The number of likely N-dealkylation sites (tertiary alicyclic amines) is 1. The quantitative estimate of drug-likeness (QED) is 0.786. The van der Waals surface area contributed by atoms with E-state index >= 15 is 0 Å². The minimum absolute atomic E-state index is 0.109. The van der Waals surface area contributed by atoms with Crippen LogP contribution < -0.4 is 0 Å². The molecule has 1 aliphatic heterocycles. The summed E-state index contributed by atoms with van der Waals surface area (Å²) in [6.45, 7) is 3.90. The molecule has 1 fully saturated rings. The number of halogens is 1. The third-order valence-corrected chi connectivity index (χ3v) is 3.25. The molecule has 0 radical (unpaired) electrons. The first-order valence-electron chi connectivity index (χ1n) is 5.34. The smallest absolute Gasteiger partial charge is 0.235 e. The largest absolute Gasteiger partial charge is 0.278 e. The molecule has 0 bridgehead atoms. The summed E-state index contributed by atoms with van der Waals surface area (Å²) in [5, 5.41) is 0. The van der Waals surface area contributed by atoms with Crippen LogP contribution in [0.1, 0.15) is 25.8 Å². The highest BCUT2D eigenvalue weighted by Gasteiger charge is 2.44. The van der Waals surface area contributed by atoms with Crippen molar-refractivity contribution in [3.05, 3.63) is 28.5 Å². The number of carbonyl (C=O) groups excluding carboxylic acids is 2. The second-order valence-electron chi connectivity index (χ2n) is 4.86. The minimum Gasteiger partial charge on any atom is -0.278 e. The average molecular weight is 297 g/mol. The summed E-state index contributed by atoms with van der Waals surface area (Å²) >= 11 is 3.31. The lowest BCUT2D eigenvalue weighted by Gasteiger charge is -2.17. The molecular formula is C12H13BrN2O2. The van der Waals surface area contributed by atoms with Gasteiger partial charge in [0.2, 0.25) is 11.8 Å². The van der Waals surface area contributed by atoms with E-state index in [4.69, 9.17) is 0 Å². The molecule has 5 heteroatoms. The highest BCUT2D eigenvalue weighted by molar-refractivity contribution is 9.10. The first-order valence-corrected chi connectivity index (χ1v) is 6.14. The van der Waals surface area contributed by atoms with Gasteiger partial charge in [0.1, 0.15) is 0 Å². The van der Waals surface area contributed by atoms with E-state index in [2.05, 4.69) is 20.9 Å². The first kappa shape index (κ1) is 12.2. The predicted octanol–water partition coefficient (Wildman–Crippen LogP) is 2.13.